The van der Waals surface area contributed by atoms with Crippen LogP contribution in [0.25, 0.3) is 0 Å². The van der Waals surface area contributed by atoms with E-state index in [0.29, 0.717) is 12.0 Å². The molecule has 0 fully saturated rings. The van der Waals surface area contributed by atoms with Gasteiger partial charge >= 0.3 is 0 Å². The van der Waals surface area contributed by atoms with Crippen LogP contribution in [0.2, 0.25) is 0 Å². The van der Waals surface area contributed by atoms with E-state index in [0.717, 1.165) is 24.1 Å². The number of halogens is 1. The van der Waals surface area contributed by atoms with Gasteiger partial charge in [-0.1, -0.05) is 26.8 Å². The fourth-order valence-electron chi connectivity index (χ4n) is 1.84. The minimum atomic E-state index is -0.126. The van der Waals surface area contributed by atoms with E-state index in [2.05, 4.69) is 32.2 Å². The molecule has 1 unspecified atom stereocenters. The summed E-state index contributed by atoms with van der Waals surface area (Å²) in [5, 5.41) is 3.40. The lowest BCUT2D eigenvalue weighted by Crippen LogP contribution is -2.28. The van der Waals surface area contributed by atoms with E-state index in [1.54, 1.807) is 12.1 Å². The molecule has 1 rings (SSSR count). The van der Waals surface area contributed by atoms with Gasteiger partial charge in [-0.15, -0.1) is 0 Å². The first-order chi connectivity index (χ1) is 7.47. The number of aryl methyl sites for hydroxylation is 1. The van der Waals surface area contributed by atoms with Gasteiger partial charge in [0.25, 0.3) is 0 Å². The molecule has 0 aromatic heterocycles. The van der Waals surface area contributed by atoms with Gasteiger partial charge in [0.15, 0.2) is 0 Å². The van der Waals surface area contributed by atoms with E-state index in [9.17, 15) is 4.39 Å². The molecule has 0 amide bonds. The van der Waals surface area contributed by atoms with Crippen LogP contribution in [0.3, 0.4) is 0 Å². The largest absolute Gasteiger partial charge is 0.314 e. The number of benzene rings is 1. The van der Waals surface area contributed by atoms with E-state index in [1.165, 1.54) is 0 Å². The molecule has 1 aromatic rings. The van der Waals surface area contributed by atoms with Crippen molar-refractivity contribution < 1.29 is 4.39 Å². The molecule has 0 saturated carbocycles. The average molecular weight is 223 g/mol. The van der Waals surface area contributed by atoms with Gasteiger partial charge in [-0.25, -0.2) is 4.39 Å². The summed E-state index contributed by atoms with van der Waals surface area (Å²) in [6.45, 7) is 9.38. The fraction of sp³-hybridized carbons (Fsp3) is 0.571. The maximum atomic E-state index is 13.2. The standard InChI is InChI=1S/C14H22FN/c1-10(2)16-9-12(4)6-13-5-11(3)7-14(15)8-13/h5,7-8,10,12,16H,6,9H2,1-4H3. The van der Waals surface area contributed by atoms with E-state index in [4.69, 9.17) is 0 Å². The first-order valence-electron chi connectivity index (χ1n) is 5.97. The van der Waals surface area contributed by atoms with Crippen LogP contribution >= 0.6 is 0 Å². The Bertz CT molecular complexity index is 313. The summed E-state index contributed by atoms with van der Waals surface area (Å²) in [4.78, 5) is 0. The highest BCUT2D eigenvalue weighted by Crippen LogP contribution is 2.12. The quantitative estimate of drug-likeness (QED) is 0.807. The molecule has 16 heavy (non-hydrogen) atoms. The van der Waals surface area contributed by atoms with Crippen molar-refractivity contribution >= 4 is 0 Å². The lowest BCUT2D eigenvalue weighted by atomic mass is 9.99. The summed E-state index contributed by atoms with van der Waals surface area (Å²) in [6.07, 6.45) is 0.929. The monoisotopic (exact) mass is 223 g/mol. The Hall–Kier alpha value is -0.890. The van der Waals surface area contributed by atoms with Gasteiger partial charge in [0.2, 0.25) is 0 Å². The first-order valence-corrected chi connectivity index (χ1v) is 5.97. The van der Waals surface area contributed by atoms with E-state index < -0.39 is 0 Å². The minimum Gasteiger partial charge on any atom is -0.314 e. The average Bonchev–Trinajstić information content (AvgIpc) is 2.12. The molecule has 1 N–H and O–H groups in total. The van der Waals surface area contributed by atoms with Crippen molar-refractivity contribution in [2.75, 3.05) is 6.54 Å². The number of rotatable bonds is 5. The van der Waals surface area contributed by atoms with Crippen molar-refractivity contribution in [2.24, 2.45) is 5.92 Å². The second kappa shape index (κ2) is 6.00. The summed E-state index contributed by atoms with van der Waals surface area (Å²) in [5.74, 6) is 0.405. The third-order valence-electron chi connectivity index (χ3n) is 2.56. The summed E-state index contributed by atoms with van der Waals surface area (Å²) in [5.41, 5.74) is 2.09. The van der Waals surface area contributed by atoms with Gasteiger partial charge in [-0.05, 0) is 49.1 Å². The van der Waals surface area contributed by atoms with Crippen LogP contribution in [0, 0.1) is 18.7 Å². The van der Waals surface area contributed by atoms with Gasteiger partial charge < -0.3 is 5.32 Å². The molecule has 0 heterocycles. The topological polar surface area (TPSA) is 12.0 Å². The Balaban J connectivity index is 2.52. The van der Waals surface area contributed by atoms with Gasteiger partial charge in [0.05, 0.1) is 0 Å². The van der Waals surface area contributed by atoms with Crippen LogP contribution in [0.15, 0.2) is 18.2 Å². The summed E-state index contributed by atoms with van der Waals surface area (Å²) < 4.78 is 13.2. The second-order valence-electron chi connectivity index (χ2n) is 5.01. The van der Waals surface area contributed by atoms with Crippen LogP contribution in [0.4, 0.5) is 4.39 Å². The van der Waals surface area contributed by atoms with Crippen molar-refractivity contribution in [1.29, 1.82) is 0 Å². The Morgan fingerprint density at radius 1 is 1.19 bits per heavy atom. The van der Waals surface area contributed by atoms with E-state index >= 15 is 0 Å². The van der Waals surface area contributed by atoms with Gasteiger partial charge in [0, 0.05) is 6.04 Å². The fourth-order valence-corrected chi connectivity index (χ4v) is 1.84. The van der Waals surface area contributed by atoms with Crippen LogP contribution < -0.4 is 5.32 Å². The maximum absolute atomic E-state index is 13.2. The smallest absolute Gasteiger partial charge is 0.123 e. The first kappa shape index (κ1) is 13.2. The van der Waals surface area contributed by atoms with Crippen LogP contribution in [-0.4, -0.2) is 12.6 Å². The van der Waals surface area contributed by atoms with E-state index in [-0.39, 0.29) is 5.82 Å². The van der Waals surface area contributed by atoms with Gasteiger partial charge in [-0.2, -0.15) is 0 Å². The zero-order valence-electron chi connectivity index (χ0n) is 10.7. The number of hydrogen-bond acceptors (Lipinski definition) is 1. The van der Waals surface area contributed by atoms with Gasteiger partial charge in [0.1, 0.15) is 5.82 Å². The molecule has 1 atom stereocenters. The molecular weight excluding hydrogens is 201 g/mol. The molecule has 0 saturated heterocycles. The summed E-state index contributed by atoms with van der Waals surface area (Å²) in [7, 11) is 0. The van der Waals surface area contributed by atoms with Crippen molar-refractivity contribution in [2.45, 2.75) is 40.2 Å². The zero-order chi connectivity index (χ0) is 12.1. The number of hydrogen-bond donors (Lipinski definition) is 1. The third kappa shape index (κ3) is 4.75. The minimum absolute atomic E-state index is 0.126. The lowest BCUT2D eigenvalue weighted by molar-refractivity contribution is 0.475. The SMILES string of the molecule is Cc1cc(F)cc(CC(C)CNC(C)C)c1. The molecule has 0 aliphatic rings. The third-order valence-corrected chi connectivity index (χ3v) is 2.56. The molecular formula is C14H22FN. The van der Waals surface area contributed by atoms with Gasteiger partial charge in [-0.3, -0.25) is 0 Å². The van der Waals surface area contributed by atoms with Crippen molar-refractivity contribution in [1.82, 2.24) is 5.32 Å². The second-order valence-corrected chi connectivity index (χ2v) is 5.01. The Kier molecular flexibility index (Phi) is 4.94. The van der Waals surface area contributed by atoms with Crippen LogP contribution in [0.1, 0.15) is 31.9 Å². The summed E-state index contributed by atoms with van der Waals surface area (Å²) in [6, 6.07) is 5.78. The predicted octanol–water partition coefficient (Wildman–Crippen LogP) is 3.31. The Morgan fingerprint density at radius 3 is 2.44 bits per heavy atom. The Morgan fingerprint density at radius 2 is 1.88 bits per heavy atom. The Labute approximate surface area is 98.1 Å². The van der Waals surface area contributed by atoms with Crippen molar-refractivity contribution in [3.63, 3.8) is 0 Å². The van der Waals surface area contributed by atoms with Crippen molar-refractivity contribution in [3.05, 3.63) is 35.1 Å². The van der Waals surface area contributed by atoms with Crippen molar-refractivity contribution in [3.8, 4) is 0 Å². The molecule has 90 valence electrons. The molecule has 1 nitrogen and oxygen atoms in total. The molecule has 0 aliphatic carbocycles. The molecule has 0 spiro atoms. The molecule has 0 aliphatic heterocycles. The van der Waals surface area contributed by atoms with Crippen LogP contribution in [-0.2, 0) is 6.42 Å². The van der Waals surface area contributed by atoms with E-state index in [1.807, 2.05) is 6.92 Å². The predicted molar refractivity (Wildman–Crippen MR) is 67.1 cm³/mol. The number of nitrogens with one attached hydrogen (secondary N) is 1. The highest BCUT2D eigenvalue weighted by Gasteiger charge is 2.06. The highest BCUT2D eigenvalue weighted by molar-refractivity contribution is 5.23. The highest BCUT2D eigenvalue weighted by atomic mass is 19.1. The molecule has 1 aromatic carbocycles. The lowest BCUT2D eigenvalue weighted by Gasteiger charge is -2.15. The normalized spacial score (nSPS) is 13.1. The summed E-state index contributed by atoms with van der Waals surface area (Å²) >= 11 is 0. The van der Waals surface area contributed by atoms with Crippen LogP contribution in [0.5, 0.6) is 0 Å². The molecule has 0 radical (unpaired) electrons. The molecule has 0 bridgehead atoms. The molecule has 2 heteroatoms. The zero-order valence-corrected chi connectivity index (χ0v) is 10.7. The maximum Gasteiger partial charge on any atom is 0.123 e.